The summed E-state index contributed by atoms with van der Waals surface area (Å²) in [5, 5.41) is 11.5. The van der Waals surface area contributed by atoms with Crippen molar-refractivity contribution in [1.29, 1.82) is 5.26 Å². The van der Waals surface area contributed by atoms with Gasteiger partial charge in [-0.15, -0.1) is 0 Å². The molecule has 0 aliphatic carbocycles. The average Bonchev–Trinajstić information content (AvgIpc) is 2.95. The lowest BCUT2D eigenvalue weighted by atomic mass is 10.1. The lowest BCUT2D eigenvalue weighted by molar-refractivity contribution is -0.155. The molecule has 238 valence electrons. The number of benzene rings is 3. The predicted octanol–water partition coefficient (Wildman–Crippen LogP) is 5.03. The summed E-state index contributed by atoms with van der Waals surface area (Å²) >= 11 is 0. The van der Waals surface area contributed by atoms with Gasteiger partial charge in [0, 0.05) is 17.8 Å². The fourth-order valence-corrected chi connectivity index (χ4v) is 5.08. The summed E-state index contributed by atoms with van der Waals surface area (Å²) in [6, 6.07) is 17.0. The third-order valence-electron chi connectivity index (χ3n) is 6.12. The highest BCUT2D eigenvalue weighted by Gasteiger charge is 2.48. The van der Waals surface area contributed by atoms with Gasteiger partial charge in [0.1, 0.15) is 17.9 Å². The Kier molecular flexibility index (Phi) is 10.6. The third-order valence-corrected chi connectivity index (χ3v) is 7.69. The van der Waals surface area contributed by atoms with Crippen LogP contribution in [-0.4, -0.2) is 55.9 Å². The Labute approximate surface area is 258 Å². The van der Waals surface area contributed by atoms with Crippen LogP contribution in [0.2, 0.25) is 0 Å². The second-order valence-corrected chi connectivity index (χ2v) is 12.7. The number of carbonyl (C=O) groups excluding carboxylic acids is 3. The van der Waals surface area contributed by atoms with Crippen molar-refractivity contribution < 1.29 is 45.4 Å². The maximum absolute atomic E-state index is 13.4. The minimum Gasteiger partial charge on any atom is -0.497 e. The van der Waals surface area contributed by atoms with Crippen LogP contribution in [0.5, 0.6) is 5.75 Å². The first-order chi connectivity index (χ1) is 20.9. The number of nitriles is 1. The van der Waals surface area contributed by atoms with Crippen LogP contribution in [-0.2, 0) is 37.1 Å². The SMILES string of the molecule is COc1ccc(CC(=O)Nc2ccc(C(=O)N(CC(=O)OC(C)(C)C)Cc3ccc(C#N)cc3)cc2)c(S(=O)(=O)C(F)(F)F)c1. The summed E-state index contributed by atoms with van der Waals surface area (Å²) < 4.78 is 74.3. The van der Waals surface area contributed by atoms with Crippen molar-refractivity contribution in [2.75, 3.05) is 19.0 Å². The van der Waals surface area contributed by atoms with Gasteiger partial charge in [-0.25, -0.2) is 8.42 Å². The van der Waals surface area contributed by atoms with Crippen molar-refractivity contribution in [3.8, 4) is 11.8 Å². The predicted molar refractivity (Wildman–Crippen MR) is 157 cm³/mol. The van der Waals surface area contributed by atoms with Gasteiger partial charge >= 0.3 is 11.5 Å². The van der Waals surface area contributed by atoms with Gasteiger partial charge in [0.2, 0.25) is 5.91 Å². The molecule has 45 heavy (non-hydrogen) atoms. The number of hydrogen-bond acceptors (Lipinski definition) is 8. The van der Waals surface area contributed by atoms with Gasteiger partial charge < -0.3 is 19.7 Å². The normalized spacial score (nSPS) is 11.7. The van der Waals surface area contributed by atoms with Gasteiger partial charge in [0.25, 0.3) is 15.7 Å². The van der Waals surface area contributed by atoms with E-state index in [2.05, 4.69) is 5.32 Å². The summed E-state index contributed by atoms with van der Waals surface area (Å²) in [5.41, 5.74) is -5.37. The molecule has 0 saturated carbocycles. The van der Waals surface area contributed by atoms with Crippen molar-refractivity contribution in [3.63, 3.8) is 0 Å². The largest absolute Gasteiger partial charge is 0.501 e. The van der Waals surface area contributed by atoms with Crippen LogP contribution in [0.1, 0.15) is 47.8 Å². The van der Waals surface area contributed by atoms with Crippen molar-refractivity contribution in [1.82, 2.24) is 4.90 Å². The van der Waals surface area contributed by atoms with E-state index >= 15 is 0 Å². The number of halogens is 3. The summed E-state index contributed by atoms with van der Waals surface area (Å²) in [7, 11) is -4.62. The Morgan fingerprint density at radius 1 is 0.956 bits per heavy atom. The molecule has 0 bridgehead atoms. The van der Waals surface area contributed by atoms with Gasteiger partial charge in [-0.2, -0.15) is 18.4 Å². The van der Waals surface area contributed by atoms with E-state index in [0.29, 0.717) is 17.2 Å². The lowest BCUT2D eigenvalue weighted by Crippen LogP contribution is -2.38. The van der Waals surface area contributed by atoms with E-state index < -0.39 is 55.6 Å². The van der Waals surface area contributed by atoms with Crippen molar-refractivity contribution >= 4 is 33.3 Å². The molecular weight excluding hydrogens is 615 g/mol. The summed E-state index contributed by atoms with van der Waals surface area (Å²) in [4.78, 5) is 38.9. The Bertz CT molecular complexity index is 1710. The number of alkyl halides is 3. The first-order valence-electron chi connectivity index (χ1n) is 13.3. The molecule has 0 aromatic heterocycles. The number of amides is 2. The molecule has 10 nitrogen and oxygen atoms in total. The molecule has 0 aliphatic heterocycles. The van der Waals surface area contributed by atoms with Crippen LogP contribution in [0.4, 0.5) is 18.9 Å². The molecule has 0 aliphatic rings. The van der Waals surface area contributed by atoms with Crippen LogP contribution in [0.3, 0.4) is 0 Å². The molecule has 0 spiro atoms. The smallest absolute Gasteiger partial charge is 0.497 e. The molecule has 0 unspecified atom stereocenters. The van der Waals surface area contributed by atoms with Gasteiger partial charge in [0.05, 0.1) is 30.1 Å². The van der Waals surface area contributed by atoms with Gasteiger partial charge in [-0.1, -0.05) is 18.2 Å². The first kappa shape index (κ1) is 34.6. The summed E-state index contributed by atoms with van der Waals surface area (Å²) in [6.45, 7) is 4.72. The van der Waals surface area contributed by atoms with E-state index in [1.54, 1.807) is 45.0 Å². The number of nitrogens with zero attached hydrogens (tertiary/aromatic N) is 2. The van der Waals surface area contributed by atoms with Gasteiger partial charge in [0.15, 0.2) is 0 Å². The second kappa shape index (κ2) is 13.8. The summed E-state index contributed by atoms with van der Waals surface area (Å²) in [6.07, 6.45) is -0.705. The molecule has 0 heterocycles. The number of carbonyl (C=O) groups is 3. The molecule has 0 radical (unpaired) electrons. The minimum atomic E-state index is -5.78. The quantitative estimate of drug-likeness (QED) is 0.303. The van der Waals surface area contributed by atoms with E-state index in [1.165, 1.54) is 35.2 Å². The molecule has 0 saturated heterocycles. The van der Waals surface area contributed by atoms with Crippen LogP contribution in [0.15, 0.2) is 71.6 Å². The van der Waals surface area contributed by atoms with Crippen molar-refractivity contribution in [2.24, 2.45) is 0 Å². The Morgan fingerprint density at radius 2 is 1.58 bits per heavy atom. The van der Waals surface area contributed by atoms with E-state index in [-0.39, 0.29) is 30.1 Å². The molecule has 0 fully saturated rings. The fourth-order valence-electron chi connectivity index (χ4n) is 4.07. The second-order valence-electron chi connectivity index (χ2n) is 10.8. The lowest BCUT2D eigenvalue weighted by Gasteiger charge is -2.25. The number of ether oxygens (including phenoxy) is 2. The number of methoxy groups -OCH3 is 1. The highest BCUT2D eigenvalue weighted by molar-refractivity contribution is 7.92. The monoisotopic (exact) mass is 645 g/mol. The maximum atomic E-state index is 13.4. The molecule has 2 amide bonds. The number of rotatable bonds is 10. The van der Waals surface area contributed by atoms with E-state index in [4.69, 9.17) is 14.7 Å². The minimum absolute atomic E-state index is 0.0211. The maximum Gasteiger partial charge on any atom is 0.501 e. The molecule has 14 heteroatoms. The molecule has 1 N–H and O–H groups in total. The Balaban J connectivity index is 1.79. The highest BCUT2D eigenvalue weighted by atomic mass is 32.2. The van der Waals surface area contributed by atoms with Crippen molar-refractivity contribution in [2.45, 2.75) is 49.7 Å². The van der Waals surface area contributed by atoms with E-state index in [0.717, 1.165) is 13.2 Å². The molecule has 0 atom stereocenters. The number of esters is 1. The zero-order chi connectivity index (χ0) is 33.6. The highest BCUT2D eigenvalue weighted by Crippen LogP contribution is 2.34. The zero-order valence-electron chi connectivity index (χ0n) is 24.8. The van der Waals surface area contributed by atoms with Crippen LogP contribution < -0.4 is 10.1 Å². The number of sulfone groups is 1. The summed E-state index contributed by atoms with van der Waals surface area (Å²) in [5.74, 6) is -2.13. The van der Waals surface area contributed by atoms with Crippen LogP contribution >= 0.6 is 0 Å². The fraction of sp³-hybridized carbons (Fsp3) is 0.290. The molecule has 3 rings (SSSR count). The number of nitrogens with one attached hydrogen (secondary N) is 1. The van der Waals surface area contributed by atoms with Crippen molar-refractivity contribution in [3.05, 3.63) is 89.0 Å². The Morgan fingerprint density at radius 3 is 2.11 bits per heavy atom. The third kappa shape index (κ3) is 9.29. The molecule has 3 aromatic carbocycles. The Hall–Kier alpha value is -4.90. The van der Waals surface area contributed by atoms with E-state index in [1.807, 2.05) is 6.07 Å². The zero-order valence-corrected chi connectivity index (χ0v) is 25.6. The average molecular weight is 646 g/mol. The van der Waals surface area contributed by atoms with Gasteiger partial charge in [-0.3, -0.25) is 14.4 Å². The standard InChI is InChI=1S/C31H30F3N3O7S/c1-30(2,3)44-28(39)19-37(18-21-7-5-20(17-35)6-8-21)29(40)22-9-12-24(13-10-22)36-27(38)15-23-11-14-25(43-4)16-26(23)45(41,42)31(32,33)34/h5-14,16H,15,18-19H2,1-4H3,(H,36,38). The molecular formula is C31H30F3N3O7S. The van der Waals surface area contributed by atoms with Gasteiger partial charge in [-0.05, 0) is 80.4 Å². The van der Waals surface area contributed by atoms with E-state index in [9.17, 15) is 36.0 Å². The first-order valence-corrected chi connectivity index (χ1v) is 14.8. The number of anilines is 1. The van der Waals surface area contributed by atoms with Crippen LogP contribution in [0.25, 0.3) is 0 Å². The number of hydrogen-bond donors (Lipinski definition) is 1. The van der Waals surface area contributed by atoms with Crippen LogP contribution in [0, 0.1) is 11.3 Å². The molecule has 3 aromatic rings. The topological polar surface area (TPSA) is 143 Å².